The fourth-order valence-electron chi connectivity index (χ4n) is 4.26. The van der Waals surface area contributed by atoms with E-state index in [-0.39, 0.29) is 30.3 Å². The maximum absolute atomic E-state index is 13.5. The number of carbonyl (C=O) groups is 1. The number of nitrogens with one attached hydrogen (secondary N) is 1. The molecule has 0 spiro atoms. The number of nitrogen functional groups attached to an aromatic ring is 1. The third-order valence-electron chi connectivity index (χ3n) is 6.36. The topological polar surface area (TPSA) is 108 Å². The molecule has 0 unspecified atom stereocenters. The predicted octanol–water partition coefficient (Wildman–Crippen LogP) is 3.52. The van der Waals surface area contributed by atoms with Crippen molar-refractivity contribution in [2.24, 2.45) is 0 Å². The molecule has 4 rings (SSSR count). The number of carbonyl (C=O) groups excluding carboxylic acids is 1. The van der Waals surface area contributed by atoms with Gasteiger partial charge in [-0.2, -0.15) is 0 Å². The van der Waals surface area contributed by atoms with E-state index in [9.17, 15) is 14.0 Å². The van der Waals surface area contributed by atoms with E-state index >= 15 is 0 Å². The summed E-state index contributed by atoms with van der Waals surface area (Å²) in [6, 6.07) is 13.3. The van der Waals surface area contributed by atoms with Gasteiger partial charge >= 0.3 is 0 Å². The number of nitrogens with zero attached hydrogens (tertiary/aromatic N) is 2. The number of nitrogens with two attached hydrogens (primary N) is 1. The van der Waals surface area contributed by atoms with Crippen molar-refractivity contribution in [2.45, 2.75) is 52.0 Å². The van der Waals surface area contributed by atoms with Gasteiger partial charge in [0.05, 0.1) is 13.2 Å². The number of hydrogen-bond donors (Lipinski definition) is 2. The van der Waals surface area contributed by atoms with E-state index in [1.807, 2.05) is 44.2 Å². The Hall–Kier alpha value is -3.72. The molecule has 0 aliphatic carbocycles. The smallest absolute Gasteiger partial charge is 0.296 e. The summed E-state index contributed by atoms with van der Waals surface area (Å²) in [6.07, 6.45) is 1.18. The van der Waals surface area contributed by atoms with Crippen LogP contribution in [0.4, 0.5) is 10.1 Å². The molecule has 8 nitrogen and oxygen atoms in total. The molecule has 35 heavy (non-hydrogen) atoms. The highest BCUT2D eigenvalue weighted by Gasteiger charge is 2.39. The number of aromatic nitrogens is 2. The van der Waals surface area contributed by atoms with Crippen LogP contribution in [0.3, 0.4) is 0 Å². The maximum atomic E-state index is 13.5. The van der Waals surface area contributed by atoms with Crippen molar-refractivity contribution in [1.29, 1.82) is 0 Å². The molecule has 0 atom stereocenters. The summed E-state index contributed by atoms with van der Waals surface area (Å²) in [5, 5.41) is 2.74. The fourth-order valence-corrected chi connectivity index (χ4v) is 4.26. The van der Waals surface area contributed by atoms with E-state index in [4.69, 9.17) is 15.2 Å². The number of benzene rings is 2. The second kappa shape index (κ2) is 10.3. The highest BCUT2D eigenvalue weighted by Crippen LogP contribution is 2.35. The van der Waals surface area contributed by atoms with Gasteiger partial charge < -0.3 is 20.5 Å². The van der Waals surface area contributed by atoms with E-state index in [1.165, 1.54) is 18.2 Å². The molecular formula is C26H29FN4O4. The molecule has 0 bridgehead atoms. The molecule has 0 fully saturated rings. The van der Waals surface area contributed by atoms with Crippen molar-refractivity contribution in [3.8, 4) is 5.75 Å². The van der Waals surface area contributed by atoms with E-state index < -0.39 is 22.9 Å². The first-order valence-electron chi connectivity index (χ1n) is 11.7. The normalized spacial score (nSPS) is 14.3. The van der Waals surface area contributed by atoms with Gasteiger partial charge in [0, 0.05) is 12.2 Å². The molecule has 1 aliphatic heterocycles. The van der Waals surface area contributed by atoms with Gasteiger partial charge in [0.2, 0.25) is 5.75 Å². The lowest BCUT2D eigenvalue weighted by Gasteiger charge is -2.37. The molecule has 1 amide bonds. The predicted molar refractivity (Wildman–Crippen MR) is 129 cm³/mol. The van der Waals surface area contributed by atoms with Crippen LogP contribution < -0.4 is 21.3 Å². The zero-order valence-corrected chi connectivity index (χ0v) is 19.8. The van der Waals surface area contributed by atoms with Gasteiger partial charge in [-0.1, -0.05) is 50.2 Å². The molecule has 2 heterocycles. The van der Waals surface area contributed by atoms with Crippen molar-refractivity contribution in [3.63, 3.8) is 0 Å². The lowest BCUT2D eigenvalue weighted by Crippen LogP contribution is -2.45. The van der Waals surface area contributed by atoms with Gasteiger partial charge in [0.15, 0.2) is 5.69 Å². The van der Waals surface area contributed by atoms with Gasteiger partial charge in [-0.25, -0.2) is 9.37 Å². The molecule has 184 valence electrons. The number of rotatable bonds is 8. The third-order valence-corrected chi connectivity index (χ3v) is 6.36. The standard InChI is InChI=1S/C26H29FN4O4/c1-3-26(4-2)25-30-21(23(32)29-15-18-10-11-19(27)14-20(18)28)22(24(33)31(25)12-13-35-26)34-16-17-8-6-5-7-9-17/h5-11,14H,3-4,12-13,15-16,28H2,1-2H3,(H,29,32). The van der Waals surface area contributed by atoms with Gasteiger partial charge in [-0.3, -0.25) is 14.2 Å². The molecule has 9 heteroatoms. The Morgan fingerprint density at radius 2 is 1.97 bits per heavy atom. The van der Waals surface area contributed by atoms with Crippen LogP contribution in [-0.4, -0.2) is 22.1 Å². The first kappa shape index (κ1) is 24.4. The van der Waals surface area contributed by atoms with E-state index in [1.54, 1.807) is 4.57 Å². The molecule has 0 saturated heterocycles. The average molecular weight is 481 g/mol. The van der Waals surface area contributed by atoms with Crippen molar-refractivity contribution in [3.05, 3.63) is 87.3 Å². The van der Waals surface area contributed by atoms with Crippen LogP contribution in [0.2, 0.25) is 0 Å². The van der Waals surface area contributed by atoms with Crippen LogP contribution in [0.15, 0.2) is 53.3 Å². The second-order valence-electron chi connectivity index (χ2n) is 8.42. The second-order valence-corrected chi connectivity index (χ2v) is 8.42. The third kappa shape index (κ3) is 4.90. The zero-order valence-electron chi connectivity index (χ0n) is 19.8. The minimum Gasteiger partial charge on any atom is -0.481 e. The quantitative estimate of drug-likeness (QED) is 0.478. The van der Waals surface area contributed by atoms with Crippen LogP contribution in [0.1, 0.15) is 54.1 Å². The number of hydrogen-bond acceptors (Lipinski definition) is 6. The molecule has 1 aromatic heterocycles. The van der Waals surface area contributed by atoms with Gasteiger partial charge in [-0.05, 0) is 36.1 Å². The maximum Gasteiger partial charge on any atom is 0.296 e. The lowest BCUT2D eigenvalue weighted by molar-refractivity contribution is -0.0891. The lowest BCUT2D eigenvalue weighted by atomic mass is 9.94. The van der Waals surface area contributed by atoms with Crippen molar-refractivity contribution < 1.29 is 18.7 Å². The fraction of sp³-hybridized carbons (Fsp3) is 0.346. The van der Waals surface area contributed by atoms with Crippen LogP contribution in [0.5, 0.6) is 5.75 Å². The molecule has 1 aliphatic rings. The van der Waals surface area contributed by atoms with E-state index in [0.29, 0.717) is 37.4 Å². The Kier molecular flexibility index (Phi) is 7.16. The van der Waals surface area contributed by atoms with Crippen molar-refractivity contribution in [1.82, 2.24) is 14.9 Å². The van der Waals surface area contributed by atoms with Gasteiger partial charge in [0.1, 0.15) is 23.8 Å². The van der Waals surface area contributed by atoms with Crippen LogP contribution in [0, 0.1) is 5.82 Å². The summed E-state index contributed by atoms with van der Waals surface area (Å²) in [5.74, 6) is -0.763. The zero-order chi connectivity index (χ0) is 25.0. The summed E-state index contributed by atoms with van der Waals surface area (Å²) in [4.78, 5) is 31.5. The number of anilines is 1. The summed E-state index contributed by atoms with van der Waals surface area (Å²) in [7, 11) is 0. The van der Waals surface area contributed by atoms with Gasteiger partial charge in [-0.15, -0.1) is 0 Å². The molecular weight excluding hydrogens is 451 g/mol. The van der Waals surface area contributed by atoms with Crippen LogP contribution in [0.25, 0.3) is 0 Å². The Morgan fingerprint density at radius 1 is 1.23 bits per heavy atom. The Balaban J connectivity index is 1.72. The van der Waals surface area contributed by atoms with E-state index in [2.05, 4.69) is 10.3 Å². The van der Waals surface area contributed by atoms with Gasteiger partial charge in [0.25, 0.3) is 11.5 Å². The van der Waals surface area contributed by atoms with Crippen LogP contribution >= 0.6 is 0 Å². The minimum absolute atomic E-state index is 0.0341. The number of halogens is 1. The van der Waals surface area contributed by atoms with E-state index in [0.717, 1.165) is 5.56 Å². The molecule has 0 saturated carbocycles. The first-order chi connectivity index (χ1) is 16.9. The number of amides is 1. The largest absolute Gasteiger partial charge is 0.481 e. The average Bonchev–Trinajstić information content (AvgIpc) is 2.87. The molecule has 0 radical (unpaired) electrons. The highest BCUT2D eigenvalue weighted by molar-refractivity contribution is 5.94. The molecule has 2 aromatic carbocycles. The Morgan fingerprint density at radius 3 is 2.66 bits per heavy atom. The Labute approximate surface area is 202 Å². The summed E-state index contributed by atoms with van der Waals surface area (Å²) in [5.41, 5.74) is 6.17. The van der Waals surface area contributed by atoms with Crippen molar-refractivity contribution >= 4 is 11.6 Å². The SMILES string of the molecule is CCC1(CC)OCCn2c1nc(C(=O)NCc1ccc(F)cc1N)c(OCc1ccccc1)c2=O. The minimum atomic E-state index is -0.772. The monoisotopic (exact) mass is 480 g/mol. The highest BCUT2D eigenvalue weighted by atomic mass is 19.1. The number of fused-ring (bicyclic) bond motifs is 1. The van der Waals surface area contributed by atoms with Crippen LogP contribution in [-0.2, 0) is 30.0 Å². The summed E-state index contributed by atoms with van der Waals surface area (Å²) in [6.45, 7) is 4.74. The number of ether oxygens (including phenoxy) is 2. The summed E-state index contributed by atoms with van der Waals surface area (Å²) < 4.78 is 26.9. The van der Waals surface area contributed by atoms with Crippen molar-refractivity contribution in [2.75, 3.05) is 12.3 Å². The summed E-state index contributed by atoms with van der Waals surface area (Å²) >= 11 is 0. The molecule has 3 aromatic rings. The Bertz CT molecular complexity index is 1270. The molecule has 3 N–H and O–H groups in total. The first-order valence-corrected chi connectivity index (χ1v) is 11.7.